The van der Waals surface area contributed by atoms with Crippen LogP contribution in [0.5, 0.6) is 5.75 Å². The molecule has 0 aliphatic heterocycles. The third-order valence-corrected chi connectivity index (χ3v) is 6.72. The van der Waals surface area contributed by atoms with Crippen molar-refractivity contribution in [3.8, 4) is 16.9 Å². The Bertz CT molecular complexity index is 843. The van der Waals surface area contributed by atoms with Crippen LogP contribution in [0.4, 0.5) is 5.82 Å². The van der Waals surface area contributed by atoms with E-state index in [4.69, 9.17) is 4.74 Å². The Hall–Kier alpha value is -2.12. The van der Waals surface area contributed by atoms with Gasteiger partial charge in [0.15, 0.2) is 0 Å². The van der Waals surface area contributed by atoms with Gasteiger partial charge >= 0.3 is 0 Å². The summed E-state index contributed by atoms with van der Waals surface area (Å²) in [6.45, 7) is 2.22. The summed E-state index contributed by atoms with van der Waals surface area (Å²) < 4.78 is 31.0. The highest BCUT2D eigenvalue weighted by atomic mass is 32.2. The van der Waals surface area contributed by atoms with Gasteiger partial charge in [0.1, 0.15) is 11.6 Å². The van der Waals surface area contributed by atoms with E-state index in [0.717, 1.165) is 48.4 Å². The molecule has 0 saturated heterocycles. The van der Waals surface area contributed by atoms with Gasteiger partial charge in [-0.3, -0.25) is 0 Å². The fourth-order valence-electron chi connectivity index (χ4n) is 3.50. The highest BCUT2D eigenvalue weighted by Crippen LogP contribution is 2.27. The van der Waals surface area contributed by atoms with Gasteiger partial charge in [-0.05, 0) is 68.4 Å². The molecule has 7 heteroatoms. The topological polar surface area (TPSA) is 80.3 Å². The number of hydrogen-bond acceptors (Lipinski definition) is 5. The van der Waals surface area contributed by atoms with E-state index >= 15 is 0 Å². The fourth-order valence-corrected chi connectivity index (χ4v) is 4.19. The third kappa shape index (κ3) is 5.69. The molecule has 1 aromatic heterocycles. The zero-order valence-electron chi connectivity index (χ0n) is 16.5. The third-order valence-electron chi connectivity index (χ3n) is 5.36. The van der Waals surface area contributed by atoms with Crippen LogP contribution in [0.15, 0.2) is 42.6 Å². The smallest absolute Gasteiger partial charge is 0.211 e. The summed E-state index contributed by atoms with van der Waals surface area (Å²) in [6.07, 6.45) is 5.98. The molecule has 1 heterocycles. The van der Waals surface area contributed by atoms with Crippen molar-refractivity contribution in [2.45, 2.75) is 38.6 Å². The quantitative estimate of drug-likeness (QED) is 0.703. The van der Waals surface area contributed by atoms with Gasteiger partial charge in [-0.1, -0.05) is 12.1 Å². The second-order valence-electron chi connectivity index (χ2n) is 7.27. The number of ether oxygens (including phenoxy) is 1. The number of aromatic nitrogens is 1. The Morgan fingerprint density at radius 1 is 1.04 bits per heavy atom. The highest BCUT2D eigenvalue weighted by Gasteiger charge is 2.22. The monoisotopic (exact) mass is 403 g/mol. The number of hydrogen-bond donors (Lipinski definition) is 2. The summed E-state index contributed by atoms with van der Waals surface area (Å²) in [5.41, 5.74) is 2.18. The Kier molecular flexibility index (Phi) is 6.91. The molecule has 1 aromatic carbocycles. The van der Waals surface area contributed by atoms with E-state index in [9.17, 15) is 8.42 Å². The molecule has 0 amide bonds. The summed E-state index contributed by atoms with van der Waals surface area (Å²) in [6, 6.07) is 12.4. The van der Waals surface area contributed by atoms with Crippen LogP contribution in [-0.4, -0.2) is 38.9 Å². The first kappa shape index (κ1) is 20.6. The number of sulfonamides is 1. The molecule has 1 saturated carbocycles. The van der Waals surface area contributed by atoms with Gasteiger partial charge in [-0.25, -0.2) is 18.1 Å². The summed E-state index contributed by atoms with van der Waals surface area (Å²) in [5, 5.41) is 3.51. The molecule has 0 spiro atoms. The molecule has 2 aromatic rings. The fraction of sp³-hybridized carbons (Fsp3) is 0.476. The SMILES string of the molecule is CCS(=O)(=O)NCC1CCC(Nc2ccc(-c3ccc(OC)cc3)cn2)CC1. The van der Waals surface area contributed by atoms with Crippen LogP contribution in [0.25, 0.3) is 11.1 Å². The second kappa shape index (κ2) is 9.39. The van der Waals surface area contributed by atoms with E-state index in [1.165, 1.54) is 0 Å². The maximum atomic E-state index is 11.6. The van der Waals surface area contributed by atoms with E-state index in [1.807, 2.05) is 36.5 Å². The lowest BCUT2D eigenvalue weighted by atomic mass is 9.86. The lowest BCUT2D eigenvalue weighted by Gasteiger charge is -2.29. The predicted octanol–water partition coefficient (Wildman–Crippen LogP) is 3.67. The molecular weight excluding hydrogens is 374 g/mol. The van der Waals surface area contributed by atoms with Gasteiger partial charge in [-0.2, -0.15) is 0 Å². The number of nitrogens with one attached hydrogen (secondary N) is 2. The summed E-state index contributed by atoms with van der Waals surface area (Å²) in [5.74, 6) is 2.28. The maximum absolute atomic E-state index is 11.6. The Balaban J connectivity index is 1.48. The first-order chi connectivity index (χ1) is 13.5. The average Bonchev–Trinajstić information content (AvgIpc) is 2.74. The standard InChI is InChI=1S/C21H29N3O3S/c1-3-28(25,26)23-14-16-4-9-19(10-5-16)24-21-13-8-18(15-22-21)17-6-11-20(27-2)12-7-17/h6-8,11-13,15-16,19,23H,3-5,9-10,14H2,1-2H3,(H,22,24). The van der Waals surface area contributed by atoms with Gasteiger partial charge in [0.25, 0.3) is 0 Å². The zero-order valence-corrected chi connectivity index (χ0v) is 17.3. The maximum Gasteiger partial charge on any atom is 0.211 e. The number of nitrogens with zero attached hydrogens (tertiary/aromatic N) is 1. The van der Waals surface area contributed by atoms with E-state index in [0.29, 0.717) is 18.5 Å². The Morgan fingerprint density at radius 3 is 2.29 bits per heavy atom. The van der Waals surface area contributed by atoms with Crippen LogP contribution in [-0.2, 0) is 10.0 Å². The minimum Gasteiger partial charge on any atom is -0.497 e. The van der Waals surface area contributed by atoms with Crippen LogP contribution >= 0.6 is 0 Å². The highest BCUT2D eigenvalue weighted by molar-refractivity contribution is 7.89. The first-order valence-electron chi connectivity index (χ1n) is 9.83. The molecule has 0 atom stereocenters. The zero-order chi connectivity index (χ0) is 20.0. The Labute approximate surface area is 167 Å². The van der Waals surface area contributed by atoms with E-state index < -0.39 is 10.0 Å². The van der Waals surface area contributed by atoms with E-state index in [1.54, 1.807) is 14.0 Å². The van der Waals surface area contributed by atoms with Crippen molar-refractivity contribution in [2.75, 3.05) is 24.7 Å². The first-order valence-corrected chi connectivity index (χ1v) is 11.5. The number of methoxy groups -OCH3 is 1. The summed E-state index contributed by atoms with van der Waals surface area (Å²) >= 11 is 0. The number of rotatable bonds is 8. The van der Waals surface area contributed by atoms with Crippen LogP contribution in [0.1, 0.15) is 32.6 Å². The van der Waals surface area contributed by atoms with Crippen molar-refractivity contribution in [3.05, 3.63) is 42.6 Å². The number of pyridine rings is 1. The molecule has 0 bridgehead atoms. The lowest BCUT2D eigenvalue weighted by molar-refractivity contribution is 0.337. The van der Waals surface area contributed by atoms with Gasteiger partial charge < -0.3 is 10.1 Å². The molecule has 28 heavy (non-hydrogen) atoms. The van der Waals surface area contributed by atoms with Crippen LogP contribution in [0.3, 0.4) is 0 Å². The van der Waals surface area contributed by atoms with Crippen LogP contribution in [0, 0.1) is 5.92 Å². The molecule has 0 unspecified atom stereocenters. The van der Waals surface area contributed by atoms with Crippen LogP contribution in [0.2, 0.25) is 0 Å². The van der Waals surface area contributed by atoms with Gasteiger partial charge in [0.05, 0.1) is 12.9 Å². The summed E-state index contributed by atoms with van der Waals surface area (Å²) in [7, 11) is -1.43. The molecule has 1 aliphatic rings. The molecule has 1 aliphatic carbocycles. The second-order valence-corrected chi connectivity index (χ2v) is 9.37. The lowest BCUT2D eigenvalue weighted by Crippen LogP contribution is -2.34. The van der Waals surface area contributed by atoms with Crippen molar-refractivity contribution >= 4 is 15.8 Å². The summed E-state index contributed by atoms with van der Waals surface area (Å²) in [4.78, 5) is 4.56. The number of benzene rings is 1. The largest absolute Gasteiger partial charge is 0.497 e. The molecule has 6 nitrogen and oxygen atoms in total. The van der Waals surface area contributed by atoms with Crippen molar-refractivity contribution < 1.29 is 13.2 Å². The van der Waals surface area contributed by atoms with Gasteiger partial charge in [0.2, 0.25) is 10.0 Å². The molecule has 2 N–H and O–H groups in total. The van der Waals surface area contributed by atoms with Crippen LogP contribution < -0.4 is 14.8 Å². The average molecular weight is 404 g/mol. The van der Waals surface area contributed by atoms with E-state index in [2.05, 4.69) is 21.1 Å². The molecule has 1 fully saturated rings. The van der Waals surface area contributed by atoms with Crippen molar-refractivity contribution in [3.63, 3.8) is 0 Å². The van der Waals surface area contributed by atoms with Crippen molar-refractivity contribution in [2.24, 2.45) is 5.92 Å². The minimum absolute atomic E-state index is 0.141. The normalized spacial score (nSPS) is 19.9. The predicted molar refractivity (Wildman–Crippen MR) is 113 cm³/mol. The molecule has 152 valence electrons. The number of anilines is 1. The van der Waals surface area contributed by atoms with E-state index in [-0.39, 0.29) is 5.75 Å². The van der Waals surface area contributed by atoms with Crippen molar-refractivity contribution in [1.29, 1.82) is 0 Å². The molecule has 3 rings (SSSR count). The van der Waals surface area contributed by atoms with Gasteiger partial charge in [0, 0.05) is 24.3 Å². The van der Waals surface area contributed by atoms with Gasteiger partial charge in [-0.15, -0.1) is 0 Å². The molecule has 0 radical (unpaired) electrons. The minimum atomic E-state index is -3.09. The molecular formula is C21H29N3O3S. The Morgan fingerprint density at radius 2 is 1.71 bits per heavy atom. The van der Waals surface area contributed by atoms with Crippen molar-refractivity contribution in [1.82, 2.24) is 9.71 Å².